The molecule has 3 amide bonds. The zero-order valence-electron chi connectivity index (χ0n) is 12.3. The molecule has 1 aliphatic carbocycles. The molecule has 1 heterocycles. The van der Waals surface area contributed by atoms with Gasteiger partial charge in [-0.15, -0.1) is 0 Å². The summed E-state index contributed by atoms with van der Waals surface area (Å²) in [5.74, 6) is -1.02. The molecule has 0 aromatic rings. The molecule has 0 radical (unpaired) electrons. The Kier molecular flexibility index (Phi) is 5.98. The fourth-order valence-corrected chi connectivity index (χ4v) is 2.25. The Labute approximate surface area is 124 Å². The lowest BCUT2D eigenvalue weighted by molar-refractivity contribution is -0.145. The summed E-state index contributed by atoms with van der Waals surface area (Å²) in [5, 5.41) is 8.67. The average molecular weight is 296 g/mol. The maximum Gasteiger partial charge on any atom is 0.311 e. The first-order chi connectivity index (χ1) is 10.2. The third kappa shape index (κ3) is 5.71. The van der Waals surface area contributed by atoms with E-state index in [1.165, 1.54) is 0 Å². The van der Waals surface area contributed by atoms with Gasteiger partial charge in [0.2, 0.25) is 5.91 Å². The Hall–Kier alpha value is -1.63. The van der Waals surface area contributed by atoms with Gasteiger partial charge in [-0.05, 0) is 32.2 Å². The summed E-state index contributed by atoms with van der Waals surface area (Å²) in [6.07, 6.45) is 3.95. The molecular weight excluding hydrogens is 272 g/mol. The van der Waals surface area contributed by atoms with Crippen molar-refractivity contribution in [3.63, 3.8) is 0 Å². The highest BCUT2D eigenvalue weighted by molar-refractivity contribution is 6.35. The van der Waals surface area contributed by atoms with Crippen molar-refractivity contribution in [3.8, 4) is 0 Å². The molecule has 3 N–H and O–H groups in total. The molecule has 1 aliphatic heterocycles. The van der Waals surface area contributed by atoms with Crippen LogP contribution in [0.5, 0.6) is 0 Å². The SMILES string of the molecule is O=C(CCCNC(=O)C(=O)N1CCCNCC1)NC1CC1. The van der Waals surface area contributed by atoms with E-state index in [2.05, 4.69) is 16.0 Å². The molecule has 0 aromatic carbocycles. The number of amides is 3. The number of carbonyl (C=O) groups is 3. The number of nitrogens with zero attached hydrogens (tertiary/aromatic N) is 1. The molecule has 1 saturated carbocycles. The van der Waals surface area contributed by atoms with Crippen LogP contribution in [0.1, 0.15) is 32.1 Å². The van der Waals surface area contributed by atoms with Crippen molar-refractivity contribution in [3.05, 3.63) is 0 Å². The van der Waals surface area contributed by atoms with Crippen LogP contribution in [-0.2, 0) is 14.4 Å². The minimum atomic E-state index is -0.570. The van der Waals surface area contributed by atoms with Gasteiger partial charge in [-0.1, -0.05) is 0 Å². The number of rotatable bonds is 5. The molecular formula is C14H24N4O3. The van der Waals surface area contributed by atoms with E-state index in [0.29, 0.717) is 38.5 Å². The lowest BCUT2D eigenvalue weighted by Crippen LogP contribution is -2.44. The molecule has 0 spiro atoms. The minimum absolute atomic E-state index is 0.0247. The van der Waals surface area contributed by atoms with E-state index in [0.717, 1.165) is 32.4 Å². The van der Waals surface area contributed by atoms with Crippen molar-refractivity contribution in [2.75, 3.05) is 32.7 Å². The monoisotopic (exact) mass is 296 g/mol. The van der Waals surface area contributed by atoms with E-state index in [1.807, 2.05) is 0 Å². The first-order valence-corrected chi connectivity index (χ1v) is 7.74. The van der Waals surface area contributed by atoms with Crippen molar-refractivity contribution < 1.29 is 14.4 Å². The van der Waals surface area contributed by atoms with Gasteiger partial charge in [-0.25, -0.2) is 0 Å². The average Bonchev–Trinajstić information content (AvgIpc) is 3.29. The van der Waals surface area contributed by atoms with Gasteiger partial charge >= 0.3 is 11.8 Å². The molecule has 2 fully saturated rings. The smallest absolute Gasteiger partial charge is 0.311 e. The van der Waals surface area contributed by atoms with Crippen LogP contribution in [0.2, 0.25) is 0 Å². The van der Waals surface area contributed by atoms with Gasteiger partial charge in [0.05, 0.1) is 0 Å². The number of hydrogen-bond donors (Lipinski definition) is 3. The maximum absolute atomic E-state index is 11.9. The van der Waals surface area contributed by atoms with Crippen molar-refractivity contribution in [1.82, 2.24) is 20.9 Å². The second kappa shape index (κ2) is 7.97. The highest BCUT2D eigenvalue weighted by Gasteiger charge is 2.23. The molecule has 0 bridgehead atoms. The van der Waals surface area contributed by atoms with E-state index < -0.39 is 11.8 Å². The van der Waals surface area contributed by atoms with E-state index >= 15 is 0 Å². The summed E-state index contributed by atoms with van der Waals surface area (Å²) in [4.78, 5) is 36.7. The van der Waals surface area contributed by atoms with Gasteiger partial charge in [-0.3, -0.25) is 14.4 Å². The predicted octanol–water partition coefficient (Wildman–Crippen LogP) is -1.02. The van der Waals surface area contributed by atoms with Crippen LogP contribution in [0.25, 0.3) is 0 Å². The molecule has 2 aliphatic rings. The molecule has 7 nitrogen and oxygen atoms in total. The summed E-state index contributed by atoms with van der Waals surface area (Å²) >= 11 is 0. The number of nitrogens with one attached hydrogen (secondary N) is 3. The lowest BCUT2D eigenvalue weighted by atomic mass is 10.3. The topological polar surface area (TPSA) is 90.5 Å². The molecule has 118 valence electrons. The number of hydrogen-bond acceptors (Lipinski definition) is 4. The highest BCUT2D eigenvalue weighted by atomic mass is 16.2. The Balaban J connectivity index is 1.59. The van der Waals surface area contributed by atoms with Crippen molar-refractivity contribution >= 4 is 17.7 Å². The summed E-state index contributed by atoms with van der Waals surface area (Å²) in [6.45, 7) is 3.13. The van der Waals surface area contributed by atoms with Crippen molar-refractivity contribution in [2.45, 2.75) is 38.1 Å². The second-order valence-electron chi connectivity index (χ2n) is 5.60. The fourth-order valence-electron chi connectivity index (χ4n) is 2.25. The van der Waals surface area contributed by atoms with E-state index in [1.54, 1.807) is 4.90 Å². The summed E-state index contributed by atoms with van der Waals surface area (Å²) in [6, 6.07) is 0.366. The fraction of sp³-hybridized carbons (Fsp3) is 0.786. The van der Waals surface area contributed by atoms with Gasteiger partial charge in [0.15, 0.2) is 0 Å². The van der Waals surface area contributed by atoms with Crippen LogP contribution in [0.3, 0.4) is 0 Å². The minimum Gasteiger partial charge on any atom is -0.353 e. The lowest BCUT2D eigenvalue weighted by Gasteiger charge is -2.19. The van der Waals surface area contributed by atoms with E-state index in [-0.39, 0.29) is 5.91 Å². The molecule has 21 heavy (non-hydrogen) atoms. The van der Waals surface area contributed by atoms with Crippen LogP contribution >= 0.6 is 0 Å². The molecule has 0 unspecified atom stereocenters. The highest BCUT2D eigenvalue weighted by Crippen LogP contribution is 2.18. The number of carbonyl (C=O) groups excluding carboxylic acids is 3. The Morgan fingerprint density at radius 2 is 1.95 bits per heavy atom. The Morgan fingerprint density at radius 3 is 2.71 bits per heavy atom. The van der Waals surface area contributed by atoms with Crippen LogP contribution in [0.15, 0.2) is 0 Å². The van der Waals surface area contributed by atoms with Gasteiger partial charge in [0, 0.05) is 38.6 Å². The van der Waals surface area contributed by atoms with E-state index in [4.69, 9.17) is 0 Å². The van der Waals surface area contributed by atoms with Gasteiger partial charge in [-0.2, -0.15) is 0 Å². The van der Waals surface area contributed by atoms with Gasteiger partial charge < -0.3 is 20.9 Å². The Bertz CT molecular complexity index is 388. The standard InChI is InChI=1S/C14H24N4O3/c19-12(17-11-4-5-11)3-1-7-16-13(20)14(21)18-9-2-6-15-8-10-18/h11,15H,1-10H2,(H,16,20)(H,17,19). The van der Waals surface area contributed by atoms with Crippen LogP contribution in [0.4, 0.5) is 0 Å². The predicted molar refractivity (Wildman–Crippen MR) is 77.5 cm³/mol. The first kappa shape index (κ1) is 15.8. The first-order valence-electron chi connectivity index (χ1n) is 7.74. The van der Waals surface area contributed by atoms with Gasteiger partial charge in [0.1, 0.15) is 0 Å². The third-order valence-electron chi connectivity index (χ3n) is 3.63. The molecule has 0 aromatic heterocycles. The van der Waals surface area contributed by atoms with Gasteiger partial charge in [0.25, 0.3) is 0 Å². The van der Waals surface area contributed by atoms with Crippen LogP contribution < -0.4 is 16.0 Å². The quantitative estimate of drug-likeness (QED) is 0.447. The second-order valence-corrected chi connectivity index (χ2v) is 5.60. The summed E-state index contributed by atoms with van der Waals surface area (Å²) < 4.78 is 0. The zero-order valence-corrected chi connectivity index (χ0v) is 12.3. The maximum atomic E-state index is 11.9. The molecule has 1 saturated heterocycles. The molecule has 0 atom stereocenters. The largest absolute Gasteiger partial charge is 0.353 e. The normalized spacial score (nSPS) is 18.8. The van der Waals surface area contributed by atoms with E-state index in [9.17, 15) is 14.4 Å². The Morgan fingerprint density at radius 1 is 1.14 bits per heavy atom. The van der Waals surface area contributed by atoms with Crippen LogP contribution in [-0.4, -0.2) is 61.4 Å². The van der Waals surface area contributed by atoms with Crippen LogP contribution in [0, 0.1) is 0 Å². The molecule has 2 rings (SSSR count). The third-order valence-corrected chi connectivity index (χ3v) is 3.63. The summed E-state index contributed by atoms with van der Waals surface area (Å²) in [7, 11) is 0. The van der Waals surface area contributed by atoms with Crippen molar-refractivity contribution in [2.24, 2.45) is 0 Å². The molecule has 7 heteroatoms. The van der Waals surface area contributed by atoms with Crippen molar-refractivity contribution in [1.29, 1.82) is 0 Å². The summed E-state index contributed by atoms with van der Waals surface area (Å²) in [5.41, 5.74) is 0. The zero-order chi connectivity index (χ0) is 15.1.